The second-order valence-electron chi connectivity index (χ2n) is 6.69. The maximum absolute atomic E-state index is 6.19. The molecule has 6 heteroatoms. The average Bonchev–Trinajstić information content (AvgIpc) is 3.05. The number of thioether (sulfide) groups is 1. The quantitative estimate of drug-likeness (QED) is 0.294. The zero-order valence-corrected chi connectivity index (χ0v) is 18.8. The van der Waals surface area contributed by atoms with Crippen molar-refractivity contribution in [1.29, 1.82) is 0 Å². The maximum Gasteiger partial charge on any atom is 0.191 e. The molecule has 0 saturated heterocycles. The number of nitrogens with zero attached hydrogens (tertiary/aromatic N) is 3. The van der Waals surface area contributed by atoms with Crippen LogP contribution in [0.3, 0.4) is 0 Å². The summed E-state index contributed by atoms with van der Waals surface area (Å²) < 4.78 is 9.34. The van der Waals surface area contributed by atoms with Crippen LogP contribution in [-0.2, 0) is 12.3 Å². The molecule has 0 spiro atoms. The van der Waals surface area contributed by atoms with E-state index in [9.17, 15) is 0 Å². The number of aromatic nitrogens is 3. The Bertz CT molecular complexity index is 970. The lowest BCUT2D eigenvalue weighted by Gasteiger charge is -2.17. The van der Waals surface area contributed by atoms with Gasteiger partial charge in [0.05, 0.1) is 0 Å². The summed E-state index contributed by atoms with van der Waals surface area (Å²) >= 11 is 5.18. The van der Waals surface area contributed by atoms with Crippen LogP contribution in [0, 0.1) is 13.8 Å². The molecule has 28 heavy (non-hydrogen) atoms. The summed E-state index contributed by atoms with van der Waals surface area (Å²) in [5.74, 6) is 2.49. The molecule has 0 aliphatic rings. The van der Waals surface area contributed by atoms with Crippen molar-refractivity contribution in [3.63, 3.8) is 0 Å². The lowest BCUT2D eigenvalue weighted by molar-refractivity contribution is 0.209. The molecule has 4 nitrogen and oxygen atoms in total. The van der Waals surface area contributed by atoms with Crippen molar-refractivity contribution in [2.24, 2.45) is 0 Å². The van der Waals surface area contributed by atoms with Crippen molar-refractivity contribution >= 4 is 27.7 Å². The van der Waals surface area contributed by atoms with Crippen LogP contribution in [0.25, 0.3) is 0 Å². The highest BCUT2D eigenvalue weighted by atomic mass is 79.9. The number of rotatable bonds is 8. The van der Waals surface area contributed by atoms with Gasteiger partial charge in [0.15, 0.2) is 17.1 Å². The van der Waals surface area contributed by atoms with E-state index in [1.807, 2.05) is 31.2 Å². The zero-order chi connectivity index (χ0) is 20.1. The number of halogens is 1. The van der Waals surface area contributed by atoms with Gasteiger partial charge in [-0.3, -0.25) is 4.57 Å². The maximum atomic E-state index is 6.19. The van der Waals surface area contributed by atoms with Gasteiger partial charge in [-0.25, -0.2) is 0 Å². The number of benzene rings is 2. The number of hydrogen-bond donors (Lipinski definition) is 0. The smallest absolute Gasteiger partial charge is 0.191 e. The van der Waals surface area contributed by atoms with Crippen molar-refractivity contribution in [2.45, 2.75) is 44.3 Å². The van der Waals surface area contributed by atoms with Crippen molar-refractivity contribution in [3.8, 4) is 5.75 Å². The third kappa shape index (κ3) is 5.06. The lowest BCUT2D eigenvalue weighted by atomic mass is 10.1. The molecule has 2 aromatic carbocycles. The van der Waals surface area contributed by atoms with Crippen LogP contribution in [0.4, 0.5) is 0 Å². The van der Waals surface area contributed by atoms with Gasteiger partial charge < -0.3 is 4.74 Å². The molecule has 0 radical (unpaired) electrons. The van der Waals surface area contributed by atoms with Crippen molar-refractivity contribution in [1.82, 2.24) is 14.8 Å². The third-order valence-corrected chi connectivity index (χ3v) is 5.84. The molecule has 3 rings (SSSR count). The Morgan fingerprint density at radius 1 is 1.21 bits per heavy atom. The summed E-state index contributed by atoms with van der Waals surface area (Å²) in [4.78, 5) is 0. The highest BCUT2D eigenvalue weighted by Gasteiger charge is 2.19. The summed E-state index contributed by atoms with van der Waals surface area (Å²) in [6.07, 6.45) is 1.65. The molecule has 0 amide bonds. The van der Waals surface area contributed by atoms with Crippen LogP contribution in [0.5, 0.6) is 5.75 Å². The summed E-state index contributed by atoms with van der Waals surface area (Å²) in [6.45, 7) is 10.7. The average molecular weight is 458 g/mol. The molecule has 0 aliphatic carbocycles. The van der Waals surface area contributed by atoms with E-state index in [1.54, 1.807) is 11.8 Å². The second kappa shape index (κ2) is 9.43. The van der Waals surface area contributed by atoms with E-state index in [0.717, 1.165) is 32.5 Å². The van der Waals surface area contributed by atoms with Crippen molar-refractivity contribution < 1.29 is 4.74 Å². The van der Waals surface area contributed by atoms with Gasteiger partial charge >= 0.3 is 0 Å². The molecule has 0 N–H and O–H groups in total. The normalized spacial score (nSPS) is 12.0. The minimum Gasteiger partial charge on any atom is -0.482 e. The highest BCUT2D eigenvalue weighted by Crippen LogP contribution is 2.28. The number of aryl methyl sites for hydroxylation is 2. The summed E-state index contributed by atoms with van der Waals surface area (Å²) in [5, 5.41) is 9.69. The molecule has 146 valence electrons. The minimum absolute atomic E-state index is 0.214. The van der Waals surface area contributed by atoms with E-state index < -0.39 is 0 Å². The Labute approximate surface area is 179 Å². The van der Waals surface area contributed by atoms with E-state index in [0.29, 0.717) is 6.54 Å². The van der Waals surface area contributed by atoms with Crippen LogP contribution in [0.15, 0.2) is 64.7 Å². The first-order chi connectivity index (χ1) is 13.5. The van der Waals surface area contributed by atoms with Crippen molar-refractivity contribution in [2.75, 3.05) is 0 Å². The van der Waals surface area contributed by atoms with Gasteiger partial charge in [-0.05, 0) is 50.1 Å². The topological polar surface area (TPSA) is 39.9 Å². The Hall–Kier alpha value is -2.05. The largest absolute Gasteiger partial charge is 0.482 e. The Morgan fingerprint density at radius 3 is 2.75 bits per heavy atom. The molecule has 1 heterocycles. The molecule has 0 fully saturated rings. The Balaban J connectivity index is 1.78. The predicted octanol–water partition coefficient (Wildman–Crippen LogP) is 6.28. The molecule has 1 atom stereocenters. The van der Waals surface area contributed by atoms with Gasteiger partial charge in [0.25, 0.3) is 0 Å². The molecule has 0 bridgehead atoms. The van der Waals surface area contributed by atoms with Crippen LogP contribution >= 0.6 is 27.7 Å². The number of ether oxygens (including phenoxy) is 1. The van der Waals surface area contributed by atoms with Gasteiger partial charge in [-0.15, -0.1) is 16.8 Å². The molecular weight excluding hydrogens is 434 g/mol. The number of allylic oxidation sites excluding steroid dienone is 1. The third-order valence-electron chi connectivity index (χ3n) is 4.31. The van der Waals surface area contributed by atoms with E-state index >= 15 is 0 Å². The standard InChI is InChI=1S/C22H24BrN3OS/c1-5-11-26-21(17(4)27-20-10-9-15(2)12-16(20)3)24-25-22(26)28-14-18-7-6-8-19(23)13-18/h5-10,12-13,17H,1,11,14H2,2-4H3. The summed E-state index contributed by atoms with van der Waals surface area (Å²) in [6, 6.07) is 14.5. The van der Waals surface area contributed by atoms with Crippen LogP contribution < -0.4 is 4.74 Å². The predicted molar refractivity (Wildman–Crippen MR) is 119 cm³/mol. The molecule has 0 aliphatic heterocycles. The lowest BCUT2D eigenvalue weighted by Crippen LogP contribution is -2.12. The van der Waals surface area contributed by atoms with Crippen LogP contribution in [0.2, 0.25) is 0 Å². The van der Waals surface area contributed by atoms with Gasteiger partial charge in [-0.1, -0.05) is 63.6 Å². The molecule has 1 aromatic heterocycles. The second-order valence-corrected chi connectivity index (χ2v) is 8.55. The molecule has 0 saturated carbocycles. The highest BCUT2D eigenvalue weighted by molar-refractivity contribution is 9.10. The molecule has 1 unspecified atom stereocenters. The van der Waals surface area contributed by atoms with E-state index in [4.69, 9.17) is 4.74 Å². The van der Waals surface area contributed by atoms with E-state index in [1.165, 1.54) is 11.1 Å². The van der Waals surface area contributed by atoms with Crippen LogP contribution in [-0.4, -0.2) is 14.8 Å². The first-order valence-corrected chi connectivity index (χ1v) is 10.9. The molecular formula is C22H24BrN3OS. The van der Waals surface area contributed by atoms with Gasteiger partial charge in [0, 0.05) is 16.8 Å². The fourth-order valence-corrected chi connectivity index (χ4v) is 4.30. The van der Waals surface area contributed by atoms with Crippen LogP contribution in [0.1, 0.15) is 35.5 Å². The Kier molecular flexibility index (Phi) is 6.97. The fraction of sp³-hybridized carbons (Fsp3) is 0.273. The summed E-state index contributed by atoms with van der Waals surface area (Å²) in [7, 11) is 0. The van der Waals surface area contributed by atoms with Gasteiger partial charge in [0.1, 0.15) is 5.75 Å². The number of hydrogen-bond acceptors (Lipinski definition) is 4. The monoisotopic (exact) mass is 457 g/mol. The van der Waals surface area contributed by atoms with Gasteiger partial charge in [-0.2, -0.15) is 0 Å². The van der Waals surface area contributed by atoms with E-state index in [-0.39, 0.29) is 6.10 Å². The Morgan fingerprint density at radius 2 is 2.04 bits per heavy atom. The minimum atomic E-state index is -0.214. The fourth-order valence-electron chi connectivity index (χ4n) is 2.96. The summed E-state index contributed by atoms with van der Waals surface area (Å²) in [5.41, 5.74) is 3.57. The first-order valence-electron chi connectivity index (χ1n) is 9.13. The van der Waals surface area contributed by atoms with Crippen molar-refractivity contribution in [3.05, 3.63) is 82.1 Å². The van der Waals surface area contributed by atoms with E-state index in [2.05, 4.69) is 75.4 Å². The van der Waals surface area contributed by atoms with Gasteiger partial charge in [0.2, 0.25) is 0 Å². The zero-order valence-electron chi connectivity index (χ0n) is 16.4. The SMILES string of the molecule is C=CCn1c(SCc2cccc(Br)c2)nnc1C(C)Oc1ccc(C)cc1C. The first kappa shape index (κ1) is 20.7. The molecule has 3 aromatic rings.